The van der Waals surface area contributed by atoms with Crippen molar-refractivity contribution >= 4 is 49.2 Å². The zero-order valence-electron chi connectivity index (χ0n) is 29.9. The van der Waals surface area contributed by atoms with Gasteiger partial charge in [0.25, 0.3) is 0 Å². The summed E-state index contributed by atoms with van der Waals surface area (Å²) in [7, 11) is 0. The summed E-state index contributed by atoms with van der Waals surface area (Å²) < 4.78 is 17.3. The van der Waals surface area contributed by atoms with Gasteiger partial charge in [0, 0.05) is 36.9 Å². The summed E-state index contributed by atoms with van der Waals surface area (Å²) in [5.41, 5.74) is 10.1. The van der Waals surface area contributed by atoms with Crippen LogP contribution in [0.1, 0.15) is 29.5 Å². The quantitative estimate of drug-likeness (QED) is 0.123. The van der Waals surface area contributed by atoms with Gasteiger partial charge in [0.05, 0.1) is 0 Å². The molecule has 3 heterocycles. The Bertz CT molecular complexity index is 2440. The molecule has 8 rings (SSSR count). The van der Waals surface area contributed by atoms with Crippen LogP contribution < -0.4 is 4.40 Å². The standard InChI is InChI=1S/C31H21FNS.C15H18GeN.Ir/c1-20(21-6-3-2-4-7-21)23-16-17-33-29(19-23)24-12-15-30-28(18-24)27-9-5-8-26(31(27)34-30)22-10-13-25(32)14-11-22;1-12-10-15(13-8-6-5-7-9-13)17-11-14(12)16(2,3)4;/h2-11,13-20H,1H3;5-8,10-11H,1-4H3;/q2*-1;. The van der Waals surface area contributed by atoms with Crippen LogP contribution in [0.3, 0.4) is 0 Å². The van der Waals surface area contributed by atoms with E-state index in [1.165, 1.54) is 53.4 Å². The molecule has 0 aliphatic rings. The van der Waals surface area contributed by atoms with Gasteiger partial charge in [0.1, 0.15) is 5.82 Å². The van der Waals surface area contributed by atoms with Gasteiger partial charge in [-0.05, 0) is 56.2 Å². The predicted molar refractivity (Wildman–Crippen MR) is 217 cm³/mol. The van der Waals surface area contributed by atoms with Crippen LogP contribution in [0.2, 0.25) is 17.3 Å². The first-order chi connectivity index (χ1) is 24.7. The molecule has 1 radical (unpaired) electrons. The van der Waals surface area contributed by atoms with Gasteiger partial charge >= 0.3 is 106 Å². The first-order valence-corrected chi connectivity index (χ1v) is 25.4. The summed E-state index contributed by atoms with van der Waals surface area (Å²) >= 11 is -0.0215. The fourth-order valence-electron chi connectivity index (χ4n) is 6.59. The average Bonchev–Trinajstić information content (AvgIpc) is 3.54. The Morgan fingerprint density at radius 3 is 2.17 bits per heavy atom. The molecule has 0 aliphatic carbocycles. The molecule has 0 N–H and O–H groups in total. The van der Waals surface area contributed by atoms with Crippen LogP contribution in [0.25, 0.3) is 53.8 Å². The van der Waals surface area contributed by atoms with Gasteiger partial charge < -0.3 is 4.98 Å². The van der Waals surface area contributed by atoms with Crippen molar-refractivity contribution in [2.75, 3.05) is 0 Å². The molecule has 0 aliphatic heterocycles. The number of halogens is 1. The number of pyridine rings is 2. The topological polar surface area (TPSA) is 25.8 Å². The van der Waals surface area contributed by atoms with Crippen LogP contribution in [0.15, 0.2) is 140 Å². The van der Waals surface area contributed by atoms with Gasteiger partial charge in [-0.25, -0.2) is 4.39 Å². The third-order valence-corrected chi connectivity index (χ3v) is 15.0. The first kappa shape index (κ1) is 37.5. The van der Waals surface area contributed by atoms with Crippen LogP contribution in [-0.4, -0.2) is 23.2 Å². The average molecular weight is 936 g/mol. The number of nitrogens with zero attached hydrogens (tertiary/aromatic N) is 2. The minimum absolute atomic E-state index is 0. The van der Waals surface area contributed by atoms with E-state index in [2.05, 4.69) is 138 Å². The Labute approximate surface area is 326 Å². The number of hydrogen-bond acceptors (Lipinski definition) is 3. The maximum atomic E-state index is 13.5. The van der Waals surface area contributed by atoms with Crippen molar-refractivity contribution in [3.8, 4) is 33.6 Å². The number of aryl methyl sites for hydroxylation is 1. The zero-order valence-corrected chi connectivity index (χ0v) is 35.2. The van der Waals surface area contributed by atoms with Crippen molar-refractivity contribution in [3.63, 3.8) is 0 Å². The van der Waals surface area contributed by atoms with E-state index in [4.69, 9.17) is 0 Å². The third kappa shape index (κ3) is 8.19. The molecule has 0 saturated heterocycles. The molecule has 2 nitrogen and oxygen atoms in total. The number of thiophene rings is 1. The SMILES string of the molecule is CC(c1ccccc1)c1ccnc(-c2[c-]cc3sc4c(-c5ccc(F)cc5)cccc4c3c2)c1.Cc1cc(-c2[c-]cccc2)nc[c]1[Ge]([CH3])([CH3])[CH3].[Ir]. The monoisotopic (exact) mass is 937 g/mol. The number of aromatic nitrogens is 2. The summed E-state index contributed by atoms with van der Waals surface area (Å²) in [6.07, 6.45) is 3.96. The second-order valence-corrected chi connectivity index (χ2v) is 25.6. The maximum absolute atomic E-state index is 13.5. The second-order valence-electron chi connectivity index (χ2n) is 13.9. The normalized spacial score (nSPS) is 11.8. The number of fused-ring (bicyclic) bond motifs is 3. The van der Waals surface area contributed by atoms with Crippen molar-refractivity contribution < 1.29 is 24.5 Å². The third-order valence-electron chi connectivity index (χ3n) is 9.35. The Morgan fingerprint density at radius 2 is 1.46 bits per heavy atom. The predicted octanol–water partition coefficient (Wildman–Crippen LogP) is 12.3. The van der Waals surface area contributed by atoms with E-state index >= 15 is 0 Å². The maximum Gasteiger partial charge on any atom is 0 e. The van der Waals surface area contributed by atoms with Crippen LogP contribution in [0.5, 0.6) is 0 Å². The van der Waals surface area contributed by atoms with Crippen molar-refractivity contribution in [3.05, 3.63) is 174 Å². The first-order valence-electron chi connectivity index (χ1n) is 17.2. The molecule has 0 fully saturated rings. The van der Waals surface area contributed by atoms with Gasteiger partial charge in [-0.15, -0.1) is 23.8 Å². The molecular weight excluding hydrogens is 896 g/mol. The Kier molecular flexibility index (Phi) is 11.7. The van der Waals surface area contributed by atoms with Crippen molar-refractivity contribution in [1.29, 1.82) is 0 Å². The fraction of sp³-hybridized carbons (Fsp3) is 0.130. The van der Waals surface area contributed by atoms with E-state index in [9.17, 15) is 4.39 Å². The summed E-state index contributed by atoms with van der Waals surface area (Å²) in [5, 5.41) is 2.40. The van der Waals surface area contributed by atoms with Crippen molar-refractivity contribution in [1.82, 2.24) is 9.97 Å². The van der Waals surface area contributed by atoms with Crippen LogP contribution in [-0.2, 0) is 20.1 Å². The van der Waals surface area contributed by atoms with E-state index in [-0.39, 0.29) is 31.8 Å². The van der Waals surface area contributed by atoms with Gasteiger partial charge in [-0.1, -0.05) is 79.0 Å². The molecule has 3 aromatic heterocycles. The Balaban J connectivity index is 0.000000218. The molecule has 261 valence electrons. The van der Waals surface area contributed by atoms with Gasteiger partial charge in [-0.3, -0.25) is 0 Å². The van der Waals surface area contributed by atoms with Gasteiger partial charge in [0.2, 0.25) is 0 Å². The molecular formula is C46H39FGeIrN2S-2. The summed E-state index contributed by atoms with van der Waals surface area (Å²) in [6.45, 7) is 4.42. The van der Waals surface area contributed by atoms with Gasteiger partial charge in [-0.2, -0.15) is 11.3 Å². The molecule has 6 heteroatoms. The largest absolute Gasteiger partial charge is 0 e. The smallest absolute Gasteiger partial charge is 0 e. The zero-order chi connectivity index (χ0) is 35.5. The summed E-state index contributed by atoms with van der Waals surface area (Å²) in [4.78, 5) is 9.26. The van der Waals surface area contributed by atoms with Crippen molar-refractivity contribution in [2.45, 2.75) is 37.0 Å². The number of rotatable bonds is 6. The molecule has 5 aromatic carbocycles. The molecule has 52 heavy (non-hydrogen) atoms. The molecule has 8 aromatic rings. The van der Waals surface area contributed by atoms with E-state index in [1.807, 2.05) is 42.6 Å². The van der Waals surface area contributed by atoms with E-state index in [0.29, 0.717) is 0 Å². The van der Waals surface area contributed by atoms with E-state index in [0.717, 1.165) is 33.6 Å². The molecule has 1 atom stereocenters. The molecule has 0 saturated carbocycles. The second kappa shape index (κ2) is 16.2. The van der Waals surface area contributed by atoms with Crippen molar-refractivity contribution in [2.24, 2.45) is 0 Å². The summed E-state index contributed by atoms with van der Waals surface area (Å²) in [5.74, 6) is 7.27. The van der Waals surface area contributed by atoms with Crippen LogP contribution in [0, 0.1) is 24.9 Å². The fourth-order valence-corrected chi connectivity index (χ4v) is 11.4. The molecule has 0 spiro atoms. The van der Waals surface area contributed by atoms with Crippen LogP contribution >= 0.6 is 11.3 Å². The summed E-state index contributed by atoms with van der Waals surface area (Å²) in [6, 6.07) is 49.0. The number of benzene rings is 5. The van der Waals surface area contributed by atoms with Crippen LogP contribution in [0.4, 0.5) is 4.39 Å². The van der Waals surface area contributed by atoms with E-state index < -0.39 is 13.3 Å². The molecule has 0 amide bonds. The molecule has 1 unspecified atom stereocenters. The Hall–Kier alpha value is -4.26. The molecule has 0 bridgehead atoms. The minimum atomic E-state index is -1.77. The van der Waals surface area contributed by atoms with E-state index in [1.54, 1.807) is 11.3 Å². The van der Waals surface area contributed by atoms with Gasteiger partial charge in [0.15, 0.2) is 0 Å². The minimum Gasteiger partial charge on any atom is 0 e. The number of hydrogen-bond donors (Lipinski definition) is 0. The Morgan fingerprint density at radius 1 is 0.712 bits per heavy atom.